The highest BCUT2D eigenvalue weighted by atomic mass is 16.5. The Morgan fingerprint density at radius 3 is 2.82 bits per heavy atom. The molecular formula is C20H24N6O2. The van der Waals surface area contributed by atoms with Crippen LogP contribution in [0.4, 0.5) is 0 Å². The predicted octanol–water partition coefficient (Wildman–Crippen LogP) is 2.20. The minimum absolute atomic E-state index is 0.0610. The summed E-state index contributed by atoms with van der Waals surface area (Å²) in [6, 6.07) is 1.77. The number of hydrogen-bond donors (Lipinski definition) is 0. The molecule has 0 bridgehead atoms. The first-order valence-corrected chi connectivity index (χ1v) is 9.20. The molecule has 1 amide bonds. The normalized spacial score (nSPS) is 19.4. The summed E-state index contributed by atoms with van der Waals surface area (Å²) in [5, 5.41) is 9.10. The van der Waals surface area contributed by atoms with Gasteiger partial charge in [-0.3, -0.25) is 9.79 Å². The molecule has 28 heavy (non-hydrogen) atoms. The van der Waals surface area contributed by atoms with E-state index in [4.69, 9.17) is 10.00 Å². The predicted molar refractivity (Wildman–Crippen MR) is 104 cm³/mol. The summed E-state index contributed by atoms with van der Waals surface area (Å²) in [6.07, 6.45) is 6.15. The van der Waals surface area contributed by atoms with Gasteiger partial charge in [-0.2, -0.15) is 10.2 Å². The number of nitrogens with zero attached hydrogens (tertiary/aromatic N) is 6. The van der Waals surface area contributed by atoms with E-state index in [0.29, 0.717) is 30.5 Å². The van der Waals surface area contributed by atoms with Crippen LogP contribution in [-0.4, -0.2) is 52.6 Å². The first-order chi connectivity index (χ1) is 13.5. The third-order valence-electron chi connectivity index (χ3n) is 5.16. The van der Waals surface area contributed by atoms with Gasteiger partial charge in [-0.25, -0.2) is 4.98 Å². The Balaban J connectivity index is 1.65. The van der Waals surface area contributed by atoms with E-state index >= 15 is 0 Å². The zero-order chi connectivity index (χ0) is 20.3. The van der Waals surface area contributed by atoms with Crippen molar-refractivity contribution in [3.05, 3.63) is 41.1 Å². The van der Waals surface area contributed by atoms with E-state index in [1.54, 1.807) is 11.1 Å². The van der Waals surface area contributed by atoms with Gasteiger partial charge in [-0.15, -0.1) is 0 Å². The van der Waals surface area contributed by atoms with Crippen molar-refractivity contribution in [2.45, 2.75) is 32.9 Å². The van der Waals surface area contributed by atoms with E-state index in [0.717, 1.165) is 24.4 Å². The van der Waals surface area contributed by atoms with Crippen molar-refractivity contribution >= 4 is 12.6 Å². The Hall–Kier alpha value is -3.21. The second kappa shape index (κ2) is 8.21. The standard InChI is InChI=1S/C20H24N6O2/c1-5-6-15(9-22-3)25-10-14(11-25)7-18(27)26-12-16-19(13(26)2)20(28-4)24-17(8-21)23-16/h5-6,9,13-14H,3,7,10-12H2,1-2,4H3/b6-5-,15-9+. The van der Waals surface area contributed by atoms with E-state index in [1.807, 2.05) is 32.1 Å². The average Bonchev–Trinajstić information content (AvgIpc) is 3.00. The molecule has 3 rings (SSSR count). The maximum absolute atomic E-state index is 12.9. The number of allylic oxidation sites excluding steroid dienone is 2. The second-order valence-electron chi connectivity index (χ2n) is 6.94. The molecule has 1 fully saturated rings. The lowest BCUT2D eigenvalue weighted by Crippen LogP contribution is -2.47. The minimum atomic E-state index is -0.176. The highest BCUT2D eigenvalue weighted by molar-refractivity contribution is 5.78. The van der Waals surface area contributed by atoms with Crippen molar-refractivity contribution in [1.29, 1.82) is 5.26 Å². The molecule has 0 aromatic carbocycles. The molecule has 0 aliphatic carbocycles. The Morgan fingerprint density at radius 2 is 2.21 bits per heavy atom. The fourth-order valence-corrected chi connectivity index (χ4v) is 3.77. The molecule has 1 aromatic heterocycles. The first-order valence-electron chi connectivity index (χ1n) is 9.20. The zero-order valence-electron chi connectivity index (χ0n) is 16.4. The fourth-order valence-electron chi connectivity index (χ4n) is 3.77. The molecule has 1 aromatic rings. The Morgan fingerprint density at radius 1 is 1.46 bits per heavy atom. The molecule has 1 saturated heterocycles. The summed E-state index contributed by atoms with van der Waals surface area (Å²) in [7, 11) is 1.51. The topological polar surface area (TPSA) is 94.7 Å². The van der Waals surface area contributed by atoms with Gasteiger partial charge >= 0.3 is 0 Å². The molecule has 1 atom stereocenters. The molecule has 0 saturated carbocycles. The van der Waals surface area contributed by atoms with Crippen LogP contribution < -0.4 is 4.74 Å². The monoisotopic (exact) mass is 380 g/mol. The summed E-state index contributed by atoms with van der Waals surface area (Å²) >= 11 is 0. The first kappa shape index (κ1) is 19.5. The summed E-state index contributed by atoms with van der Waals surface area (Å²) in [5.74, 6) is 0.807. The zero-order valence-corrected chi connectivity index (χ0v) is 16.4. The number of carbonyl (C=O) groups is 1. The Kier molecular flexibility index (Phi) is 5.73. The molecule has 3 heterocycles. The molecule has 2 aliphatic rings. The highest BCUT2D eigenvalue weighted by Crippen LogP contribution is 2.38. The van der Waals surface area contributed by atoms with Crippen LogP contribution in [0.25, 0.3) is 0 Å². The quantitative estimate of drug-likeness (QED) is 0.555. The van der Waals surface area contributed by atoms with Crippen LogP contribution in [0.15, 0.2) is 29.0 Å². The number of fused-ring (bicyclic) bond motifs is 1. The maximum Gasteiger partial charge on any atom is 0.235 e. The van der Waals surface area contributed by atoms with Crippen molar-refractivity contribution in [3.8, 4) is 11.9 Å². The second-order valence-corrected chi connectivity index (χ2v) is 6.94. The molecule has 0 spiro atoms. The SMILES string of the molecule is C=N/C=C(\C=C/C)N1CC(CC(=O)N2Cc3nc(C#N)nc(OC)c3C2C)C1. The van der Waals surface area contributed by atoms with Crippen molar-refractivity contribution < 1.29 is 9.53 Å². The number of likely N-dealkylation sites (tertiary alicyclic amines) is 1. The van der Waals surface area contributed by atoms with Gasteiger partial charge in [0.05, 0.1) is 36.7 Å². The van der Waals surface area contributed by atoms with Crippen LogP contribution in [0.3, 0.4) is 0 Å². The van der Waals surface area contributed by atoms with Gasteiger partial charge in [-0.1, -0.05) is 6.08 Å². The average molecular weight is 380 g/mol. The number of carbonyl (C=O) groups excluding carboxylic acids is 1. The van der Waals surface area contributed by atoms with E-state index in [-0.39, 0.29) is 17.8 Å². The number of rotatable bonds is 6. The molecule has 2 aliphatic heterocycles. The van der Waals surface area contributed by atoms with Gasteiger partial charge < -0.3 is 14.5 Å². The summed E-state index contributed by atoms with van der Waals surface area (Å²) in [6.45, 7) is 9.41. The molecule has 0 radical (unpaired) electrons. The van der Waals surface area contributed by atoms with Crippen LogP contribution in [0.1, 0.15) is 43.4 Å². The van der Waals surface area contributed by atoms with Gasteiger partial charge in [0.1, 0.15) is 6.07 Å². The van der Waals surface area contributed by atoms with E-state index in [9.17, 15) is 4.79 Å². The van der Waals surface area contributed by atoms with Crippen molar-refractivity contribution in [3.63, 3.8) is 0 Å². The van der Waals surface area contributed by atoms with Crippen LogP contribution >= 0.6 is 0 Å². The van der Waals surface area contributed by atoms with Crippen molar-refractivity contribution in [2.24, 2.45) is 10.9 Å². The lowest BCUT2D eigenvalue weighted by atomic mass is 9.94. The van der Waals surface area contributed by atoms with Gasteiger partial charge in [0.15, 0.2) is 0 Å². The number of ether oxygens (including phenoxy) is 1. The van der Waals surface area contributed by atoms with E-state index < -0.39 is 0 Å². The molecule has 0 N–H and O–H groups in total. The molecule has 146 valence electrons. The third-order valence-corrected chi connectivity index (χ3v) is 5.16. The largest absolute Gasteiger partial charge is 0.481 e. The number of methoxy groups -OCH3 is 1. The summed E-state index contributed by atoms with van der Waals surface area (Å²) in [5.41, 5.74) is 2.49. The fraction of sp³-hybridized carbons (Fsp3) is 0.450. The molecule has 1 unspecified atom stereocenters. The van der Waals surface area contributed by atoms with E-state index in [2.05, 4.69) is 26.6 Å². The van der Waals surface area contributed by atoms with Crippen molar-refractivity contribution in [1.82, 2.24) is 19.8 Å². The number of hydrogen-bond acceptors (Lipinski definition) is 7. The molecule has 8 heteroatoms. The van der Waals surface area contributed by atoms with Crippen LogP contribution in [0.5, 0.6) is 5.88 Å². The summed E-state index contributed by atoms with van der Waals surface area (Å²) in [4.78, 5) is 29.1. The lowest BCUT2D eigenvalue weighted by molar-refractivity contribution is -0.135. The lowest BCUT2D eigenvalue weighted by Gasteiger charge is -2.42. The van der Waals surface area contributed by atoms with Gasteiger partial charge in [0.2, 0.25) is 17.6 Å². The van der Waals surface area contributed by atoms with Crippen LogP contribution in [0.2, 0.25) is 0 Å². The van der Waals surface area contributed by atoms with E-state index in [1.165, 1.54) is 7.11 Å². The highest BCUT2D eigenvalue weighted by Gasteiger charge is 2.38. The number of nitriles is 1. The van der Waals surface area contributed by atoms with Crippen LogP contribution in [-0.2, 0) is 11.3 Å². The van der Waals surface area contributed by atoms with Gasteiger partial charge in [0.25, 0.3) is 0 Å². The number of aliphatic imine (C=N–C) groups is 1. The van der Waals surface area contributed by atoms with Gasteiger partial charge in [-0.05, 0) is 26.6 Å². The number of amides is 1. The Labute approximate surface area is 164 Å². The minimum Gasteiger partial charge on any atom is -0.481 e. The Bertz CT molecular complexity index is 879. The third kappa shape index (κ3) is 3.60. The molecular weight excluding hydrogens is 356 g/mol. The molecule has 8 nitrogen and oxygen atoms in total. The van der Waals surface area contributed by atoms with Gasteiger partial charge in [0, 0.05) is 31.6 Å². The number of aromatic nitrogens is 2. The maximum atomic E-state index is 12.9. The van der Waals surface area contributed by atoms with Crippen LogP contribution in [0, 0.1) is 17.2 Å². The smallest absolute Gasteiger partial charge is 0.235 e. The van der Waals surface area contributed by atoms with Crippen molar-refractivity contribution in [2.75, 3.05) is 20.2 Å². The summed E-state index contributed by atoms with van der Waals surface area (Å²) < 4.78 is 5.32.